The summed E-state index contributed by atoms with van der Waals surface area (Å²) < 4.78 is 69.7. The van der Waals surface area contributed by atoms with Crippen molar-refractivity contribution in [3.05, 3.63) is 59.9 Å². The highest BCUT2D eigenvalue weighted by Gasteiger charge is 2.64. The molecule has 1 heterocycles. The molecule has 0 radical (unpaired) electrons. The van der Waals surface area contributed by atoms with Crippen LogP contribution in [0.2, 0.25) is 0 Å². The fourth-order valence-electron chi connectivity index (χ4n) is 4.09. The molecule has 0 spiro atoms. The van der Waals surface area contributed by atoms with Gasteiger partial charge in [-0.05, 0) is 24.1 Å². The van der Waals surface area contributed by atoms with E-state index in [1.165, 1.54) is 24.0 Å². The van der Waals surface area contributed by atoms with E-state index < -0.39 is 45.5 Å². The summed E-state index contributed by atoms with van der Waals surface area (Å²) in [6, 6.07) is 11.5. The molecular formula is C22H23F3N2O3S. The van der Waals surface area contributed by atoms with Crippen molar-refractivity contribution in [1.29, 1.82) is 0 Å². The molecule has 4 atom stereocenters. The van der Waals surface area contributed by atoms with Crippen molar-refractivity contribution in [3.8, 4) is 11.1 Å². The average molecular weight is 452 g/mol. The molecule has 0 unspecified atom stereocenters. The molecule has 1 N–H and O–H groups in total. The quantitative estimate of drug-likeness (QED) is 0.702. The predicted molar refractivity (Wildman–Crippen MR) is 111 cm³/mol. The third-order valence-electron chi connectivity index (χ3n) is 6.09. The molecule has 2 aromatic rings. The zero-order chi connectivity index (χ0) is 22.4. The molecule has 2 aliphatic rings. The Bertz CT molecular complexity index is 1110. The Morgan fingerprint density at radius 3 is 2.45 bits per heavy atom. The first-order chi connectivity index (χ1) is 14.7. The van der Waals surface area contributed by atoms with Crippen molar-refractivity contribution >= 4 is 15.9 Å². The molecule has 0 bridgehead atoms. The average Bonchev–Trinajstić information content (AvgIpc) is 3.44. The van der Waals surface area contributed by atoms with Gasteiger partial charge < -0.3 is 4.90 Å². The molecule has 2 fully saturated rings. The van der Waals surface area contributed by atoms with Crippen molar-refractivity contribution in [2.75, 3.05) is 18.8 Å². The topological polar surface area (TPSA) is 66.5 Å². The number of likely N-dealkylation sites (tertiary alicyclic amines) is 1. The second-order valence-corrected chi connectivity index (χ2v) is 10.1. The maximum absolute atomic E-state index is 15.8. The molecule has 0 aromatic heterocycles. The lowest BCUT2D eigenvalue weighted by Crippen LogP contribution is -2.64. The summed E-state index contributed by atoms with van der Waals surface area (Å²) >= 11 is 0. The summed E-state index contributed by atoms with van der Waals surface area (Å²) in [6.45, 7) is 1.01. The van der Waals surface area contributed by atoms with Crippen LogP contribution in [0.25, 0.3) is 11.1 Å². The molecule has 31 heavy (non-hydrogen) atoms. The number of carbonyl (C=O) groups is 1. The minimum Gasteiger partial charge on any atom is -0.332 e. The van der Waals surface area contributed by atoms with Gasteiger partial charge in [0, 0.05) is 18.5 Å². The highest BCUT2D eigenvalue weighted by molar-refractivity contribution is 7.89. The SMILES string of the molecule is CCS(=O)(=O)NC[C@@H]1[C@H](F)CN1C(=O)[C@H]1C[C@]1(F)c1ccccc1-c1ccccc1F. The normalized spacial score (nSPS) is 27.6. The highest BCUT2D eigenvalue weighted by atomic mass is 32.2. The Labute approximate surface area is 179 Å². The molecule has 1 aliphatic heterocycles. The number of hydrogen-bond donors (Lipinski definition) is 1. The van der Waals surface area contributed by atoms with Crippen LogP contribution in [-0.4, -0.2) is 50.3 Å². The van der Waals surface area contributed by atoms with E-state index in [0.717, 1.165) is 0 Å². The summed E-state index contributed by atoms with van der Waals surface area (Å²) in [5.41, 5.74) is -1.14. The van der Waals surface area contributed by atoms with Crippen LogP contribution in [0.15, 0.2) is 48.5 Å². The summed E-state index contributed by atoms with van der Waals surface area (Å²) in [4.78, 5) is 14.1. The van der Waals surface area contributed by atoms with Gasteiger partial charge in [-0.15, -0.1) is 0 Å². The van der Waals surface area contributed by atoms with Crippen LogP contribution in [-0.2, 0) is 20.5 Å². The third kappa shape index (κ3) is 3.96. The summed E-state index contributed by atoms with van der Waals surface area (Å²) in [5, 5.41) is 0. The number of halogens is 3. The van der Waals surface area contributed by atoms with E-state index >= 15 is 4.39 Å². The van der Waals surface area contributed by atoms with Gasteiger partial charge in [0.2, 0.25) is 15.9 Å². The number of carbonyl (C=O) groups excluding carboxylic acids is 1. The van der Waals surface area contributed by atoms with Crippen LogP contribution in [0.1, 0.15) is 18.9 Å². The maximum atomic E-state index is 15.8. The smallest absolute Gasteiger partial charge is 0.229 e. The number of nitrogens with one attached hydrogen (secondary N) is 1. The Kier molecular flexibility index (Phi) is 5.59. The Morgan fingerprint density at radius 2 is 1.81 bits per heavy atom. The van der Waals surface area contributed by atoms with E-state index in [4.69, 9.17) is 0 Å². The molecule has 166 valence electrons. The first-order valence-electron chi connectivity index (χ1n) is 10.1. The second-order valence-electron chi connectivity index (χ2n) is 7.97. The van der Waals surface area contributed by atoms with E-state index in [-0.39, 0.29) is 36.4 Å². The number of benzene rings is 2. The molecule has 4 rings (SSSR count). The van der Waals surface area contributed by atoms with E-state index in [9.17, 15) is 22.0 Å². The molecule has 5 nitrogen and oxygen atoms in total. The van der Waals surface area contributed by atoms with Gasteiger partial charge in [0.05, 0.1) is 24.3 Å². The molecule has 1 amide bonds. The minimum atomic E-state index is -3.54. The van der Waals surface area contributed by atoms with E-state index in [1.807, 2.05) is 0 Å². The zero-order valence-corrected chi connectivity index (χ0v) is 17.7. The van der Waals surface area contributed by atoms with Crippen LogP contribution < -0.4 is 4.72 Å². The number of amides is 1. The first kappa shape index (κ1) is 21.8. The van der Waals surface area contributed by atoms with Crippen LogP contribution in [0, 0.1) is 11.7 Å². The number of nitrogens with zero attached hydrogens (tertiary/aromatic N) is 1. The number of sulfonamides is 1. The molecular weight excluding hydrogens is 429 g/mol. The van der Waals surface area contributed by atoms with E-state index in [1.54, 1.807) is 36.4 Å². The zero-order valence-electron chi connectivity index (χ0n) is 16.9. The Balaban J connectivity index is 1.53. The van der Waals surface area contributed by atoms with Crippen LogP contribution in [0.5, 0.6) is 0 Å². The molecule has 2 aromatic carbocycles. The first-order valence-corrected chi connectivity index (χ1v) is 11.8. The van der Waals surface area contributed by atoms with Crippen LogP contribution in [0.3, 0.4) is 0 Å². The minimum absolute atomic E-state index is 0.0852. The lowest BCUT2D eigenvalue weighted by molar-refractivity contribution is -0.147. The Hall–Kier alpha value is -2.39. The van der Waals surface area contributed by atoms with Gasteiger partial charge in [-0.3, -0.25) is 4.79 Å². The Morgan fingerprint density at radius 1 is 1.16 bits per heavy atom. The van der Waals surface area contributed by atoms with Crippen LogP contribution in [0.4, 0.5) is 13.2 Å². The van der Waals surface area contributed by atoms with E-state index in [2.05, 4.69) is 4.72 Å². The molecule has 1 aliphatic carbocycles. The van der Waals surface area contributed by atoms with Crippen molar-refractivity contribution < 1.29 is 26.4 Å². The van der Waals surface area contributed by atoms with Gasteiger partial charge in [-0.2, -0.15) is 0 Å². The summed E-state index contributed by atoms with van der Waals surface area (Å²) in [6.07, 6.45) is -1.46. The fourth-order valence-corrected chi connectivity index (χ4v) is 4.72. The number of hydrogen-bond acceptors (Lipinski definition) is 3. The van der Waals surface area contributed by atoms with Crippen molar-refractivity contribution in [2.45, 2.75) is 31.2 Å². The second kappa shape index (κ2) is 7.94. The standard InChI is InChI=1S/C22H23F3N2O3S/c1-2-31(29,30)26-12-20-19(24)13-27(20)21(28)17-11-22(17,25)16-9-5-3-7-14(16)15-8-4-6-10-18(15)23/h3-10,17,19-20,26H,2,11-13H2,1H3/t17-,19-,20-,22+/m1/s1. The van der Waals surface area contributed by atoms with Crippen molar-refractivity contribution in [3.63, 3.8) is 0 Å². The largest absolute Gasteiger partial charge is 0.332 e. The predicted octanol–water partition coefficient (Wildman–Crippen LogP) is 3.17. The van der Waals surface area contributed by atoms with Crippen molar-refractivity contribution in [1.82, 2.24) is 9.62 Å². The van der Waals surface area contributed by atoms with Gasteiger partial charge in [-0.25, -0.2) is 26.3 Å². The number of alkyl halides is 2. The van der Waals surface area contributed by atoms with Gasteiger partial charge in [0.15, 0.2) is 0 Å². The van der Waals surface area contributed by atoms with Crippen molar-refractivity contribution in [2.24, 2.45) is 5.92 Å². The summed E-state index contributed by atoms with van der Waals surface area (Å²) in [7, 11) is -3.54. The number of rotatable bonds is 7. The van der Waals surface area contributed by atoms with Crippen LogP contribution >= 0.6 is 0 Å². The van der Waals surface area contributed by atoms with E-state index in [0.29, 0.717) is 5.56 Å². The third-order valence-corrected chi connectivity index (χ3v) is 7.46. The summed E-state index contributed by atoms with van der Waals surface area (Å²) in [5.74, 6) is -2.22. The van der Waals surface area contributed by atoms with Gasteiger partial charge >= 0.3 is 0 Å². The van der Waals surface area contributed by atoms with Gasteiger partial charge in [0.25, 0.3) is 0 Å². The maximum Gasteiger partial charge on any atom is 0.229 e. The lowest BCUT2D eigenvalue weighted by Gasteiger charge is -2.44. The molecule has 9 heteroatoms. The van der Waals surface area contributed by atoms with Gasteiger partial charge in [0.1, 0.15) is 17.7 Å². The van der Waals surface area contributed by atoms with Gasteiger partial charge in [-0.1, -0.05) is 42.5 Å². The molecule has 1 saturated heterocycles. The molecule has 1 saturated carbocycles. The lowest BCUT2D eigenvalue weighted by atomic mass is 9.93. The fraction of sp³-hybridized carbons (Fsp3) is 0.409. The monoisotopic (exact) mass is 452 g/mol. The highest BCUT2D eigenvalue weighted by Crippen LogP contribution is 2.59.